The Labute approximate surface area is 117 Å². The number of aliphatic hydroxyl groups is 2. The van der Waals surface area contributed by atoms with Gasteiger partial charge in [-0.15, -0.1) is 6.58 Å². The lowest BCUT2D eigenvalue weighted by Crippen LogP contribution is -2.23. The second-order valence-electron chi connectivity index (χ2n) is 6.27. The van der Waals surface area contributed by atoms with Crippen LogP contribution in [0, 0.1) is 29.6 Å². The van der Waals surface area contributed by atoms with Crippen LogP contribution in [-0.4, -0.2) is 23.4 Å². The summed E-state index contributed by atoms with van der Waals surface area (Å²) in [6.45, 7) is 4.22. The fourth-order valence-corrected chi connectivity index (χ4v) is 3.96. The zero-order chi connectivity index (χ0) is 13.7. The molecule has 0 amide bonds. The summed E-state index contributed by atoms with van der Waals surface area (Å²) in [6.07, 6.45) is 14.4. The monoisotopic (exact) mass is 264 g/mol. The molecule has 2 aliphatic rings. The summed E-state index contributed by atoms with van der Waals surface area (Å²) in [5.41, 5.74) is 0. The molecule has 0 bridgehead atoms. The Bertz CT molecular complexity index is 304. The van der Waals surface area contributed by atoms with E-state index >= 15 is 0 Å². The summed E-state index contributed by atoms with van der Waals surface area (Å²) < 4.78 is 0. The zero-order valence-electron chi connectivity index (χ0n) is 11.9. The third-order valence-electron chi connectivity index (χ3n) is 5.20. The Kier molecular flexibility index (Phi) is 5.65. The first-order valence-corrected chi connectivity index (χ1v) is 7.82. The van der Waals surface area contributed by atoms with E-state index < -0.39 is 0 Å². The Hall–Kier alpha value is -0.600. The average molecular weight is 264 g/mol. The molecular weight excluding hydrogens is 236 g/mol. The fraction of sp³-hybridized carbons (Fsp3) is 0.765. The van der Waals surface area contributed by atoms with Crippen LogP contribution in [0.15, 0.2) is 24.8 Å². The standard InChI is InChI=1S/C17H28O2/c1-2-14-10-15(17(12-19)16(14)11-18)9-8-13-6-4-3-5-7-13/h2,8-9,13-19H,1,3-7,10-12H2/t14-,15+,16+,17-/m0/s1. The van der Waals surface area contributed by atoms with Crippen LogP contribution in [0.5, 0.6) is 0 Å². The molecule has 0 saturated heterocycles. The minimum atomic E-state index is 0.162. The van der Waals surface area contributed by atoms with Gasteiger partial charge < -0.3 is 10.2 Å². The molecule has 4 atom stereocenters. The number of allylic oxidation sites excluding steroid dienone is 3. The largest absolute Gasteiger partial charge is 0.396 e. The number of hydrogen-bond acceptors (Lipinski definition) is 2. The maximum Gasteiger partial charge on any atom is 0.0468 e. The summed E-state index contributed by atoms with van der Waals surface area (Å²) in [5, 5.41) is 19.1. The smallest absolute Gasteiger partial charge is 0.0468 e. The molecule has 2 heteroatoms. The molecule has 2 aliphatic carbocycles. The third kappa shape index (κ3) is 3.49. The molecule has 19 heavy (non-hydrogen) atoms. The maximum atomic E-state index is 9.61. The molecule has 2 fully saturated rings. The lowest BCUT2D eigenvalue weighted by molar-refractivity contribution is 0.117. The SMILES string of the molecule is C=C[C@H]1C[C@@H](C=CC2CCCCC2)[C@H](CO)[C@@H]1CO. The highest BCUT2D eigenvalue weighted by Gasteiger charge is 2.39. The van der Waals surface area contributed by atoms with Gasteiger partial charge in [0.15, 0.2) is 0 Å². The average Bonchev–Trinajstić information content (AvgIpc) is 2.82. The highest BCUT2D eigenvalue weighted by molar-refractivity contribution is 5.05. The molecule has 108 valence electrons. The molecule has 0 spiro atoms. The van der Waals surface area contributed by atoms with E-state index in [1.54, 1.807) is 0 Å². The van der Waals surface area contributed by atoms with Gasteiger partial charge in [-0.1, -0.05) is 37.5 Å². The Morgan fingerprint density at radius 3 is 2.11 bits per heavy atom. The third-order valence-corrected chi connectivity index (χ3v) is 5.20. The molecule has 0 aromatic rings. The molecule has 0 aliphatic heterocycles. The van der Waals surface area contributed by atoms with Gasteiger partial charge in [0.05, 0.1) is 0 Å². The number of aliphatic hydroxyl groups excluding tert-OH is 2. The van der Waals surface area contributed by atoms with E-state index in [-0.39, 0.29) is 25.0 Å². The van der Waals surface area contributed by atoms with Gasteiger partial charge in [-0.25, -0.2) is 0 Å². The quantitative estimate of drug-likeness (QED) is 0.749. The van der Waals surface area contributed by atoms with Crippen LogP contribution in [-0.2, 0) is 0 Å². The first kappa shape index (κ1) is 14.8. The molecule has 0 aromatic heterocycles. The van der Waals surface area contributed by atoms with E-state index in [1.807, 2.05) is 6.08 Å². The van der Waals surface area contributed by atoms with Gasteiger partial charge in [-0.2, -0.15) is 0 Å². The van der Waals surface area contributed by atoms with Crippen LogP contribution in [0.25, 0.3) is 0 Å². The molecule has 2 N–H and O–H groups in total. The van der Waals surface area contributed by atoms with Gasteiger partial charge >= 0.3 is 0 Å². The number of rotatable bonds is 5. The maximum absolute atomic E-state index is 9.61. The molecule has 0 radical (unpaired) electrons. The van der Waals surface area contributed by atoms with Crippen molar-refractivity contribution in [3.05, 3.63) is 24.8 Å². The zero-order valence-corrected chi connectivity index (χ0v) is 11.9. The fourth-order valence-electron chi connectivity index (χ4n) is 3.96. The van der Waals surface area contributed by atoms with Crippen molar-refractivity contribution in [1.82, 2.24) is 0 Å². The molecule has 2 nitrogen and oxygen atoms in total. The second kappa shape index (κ2) is 7.25. The normalized spacial score (nSPS) is 36.9. The lowest BCUT2D eigenvalue weighted by Gasteiger charge is -2.22. The van der Waals surface area contributed by atoms with Crippen molar-refractivity contribution in [2.45, 2.75) is 38.5 Å². The summed E-state index contributed by atoms with van der Waals surface area (Å²) in [6, 6.07) is 0. The van der Waals surface area contributed by atoms with Gasteiger partial charge in [-0.05, 0) is 48.9 Å². The number of hydrogen-bond donors (Lipinski definition) is 2. The van der Waals surface area contributed by atoms with Crippen LogP contribution in [0.4, 0.5) is 0 Å². The van der Waals surface area contributed by atoms with Crippen LogP contribution in [0.1, 0.15) is 38.5 Å². The highest BCUT2D eigenvalue weighted by Crippen LogP contribution is 2.43. The van der Waals surface area contributed by atoms with Gasteiger partial charge in [0.1, 0.15) is 0 Å². The van der Waals surface area contributed by atoms with Gasteiger partial charge in [0.25, 0.3) is 0 Å². The first-order valence-electron chi connectivity index (χ1n) is 7.82. The molecule has 0 unspecified atom stereocenters. The first-order chi connectivity index (χ1) is 9.30. The predicted molar refractivity (Wildman–Crippen MR) is 78.7 cm³/mol. The van der Waals surface area contributed by atoms with E-state index in [9.17, 15) is 10.2 Å². The summed E-state index contributed by atoms with van der Waals surface area (Å²) in [4.78, 5) is 0. The summed E-state index contributed by atoms with van der Waals surface area (Å²) in [7, 11) is 0. The Morgan fingerprint density at radius 2 is 1.53 bits per heavy atom. The van der Waals surface area contributed by atoms with Crippen molar-refractivity contribution in [2.75, 3.05) is 13.2 Å². The van der Waals surface area contributed by atoms with E-state index in [4.69, 9.17) is 0 Å². The summed E-state index contributed by atoms with van der Waals surface area (Å²) >= 11 is 0. The minimum Gasteiger partial charge on any atom is -0.396 e. The van der Waals surface area contributed by atoms with Crippen LogP contribution < -0.4 is 0 Å². The predicted octanol–water partition coefficient (Wildman–Crippen LogP) is 3.16. The van der Waals surface area contributed by atoms with E-state index in [1.165, 1.54) is 32.1 Å². The van der Waals surface area contributed by atoms with Crippen molar-refractivity contribution < 1.29 is 10.2 Å². The van der Waals surface area contributed by atoms with Crippen LogP contribution in [0.3, 0.4) is 0 Å². The Morgan fingerprint density at radius 1 is 0.895 bits per heavy atom. The minimum absolute atomic E-state index is 0.162. The van der Waals surface area contributed by atoms with Crippen molar-refractivity contribution in [1.29, 1.82) is 0 Å². The molecule has 2 saturated carbocycles. The van der Waals surface area contributed by atoms with E-state index in [0.717, 1.165) is 12.3 Å². The van der Waals surface area contributed by atoms with Crippen LogP contribution in [0.2, 0.25) is 0 Å². The molecule has 2 rings (SSSR count). The molecule has 0 aromatic carbocycles. The summed E-state index contributed by atoms with van der Waals surface area (Å²) in [5.74, 6) is 1.88. The van der Waals surface area contributed by atoms with Gasteiger partial charge in [0, 0.05) is 13.2 Å². The van der Waals surface area contributed by atoms with E-state index in [0.29, 0.717) is 11.8 Å². The van der Waals surface area contributed by atoms with Crippen molar-refractivity contribution >= 4 is 0 Å². The molecular formula is C17H28O2. The topological polar surface area (TPSA) is 40.5 Å². The van der Waals surface area contributed by atoms with Crippen LogP contribution >= 0.6 is 0 Å². The lowest BCUT2D eigenvalue weighted by atomic mass is 9.85. The van der Waals surface area contributed by atoms with Gasteiger partial charge in [0.2, 0.25) is 0 Å². The van der Waals surface area contributed by atoms with Crippen molar-refractivity contribution in [3.63, 3.8) is 0 Å². The van der Waals surface area contributed by atoms with Gasteiger partial charge in [-0.3, -0.25) is 0 Å². The van der Waals surface area contributed by atoms with Crippen molar-refractivity contribution in [3.8, 4) is 0 Å². The van der Waals surface area contributed by atoms with E-state index in [2.05, 4.69) is 18.7 Å². The highest BCUT2D eigenvalue weighted by atomic mass is 16.3. The molecule has 0 heterocycles. The van der Waals surface area contributed by atoms with Crippen molar-refractivity contribution in [2.24, 2.45) is 29.6 Å². The Balaban J connectivity index is 1.98. The second-order valence-corrected chi connectivity index (χ2v) is 6.27.